The number of hydrogen-bond donors (Lipinski definition) is 1. The molecule has 0 amide bonds. The third-order valence-corrected chi connectivity index (χ3v) is 3.55. The fourth-order valence-corrected chi connectivity index (χ4v) is 2.68. The first kappa shape index (κ1) is 14.7. The lowest BCUT2D eigenvalue weighted by Gasteiger charge is -2.22. The number of pyridine rings is 1. The highest BCUT2D eigenvalue weighted by Crippen LogP contribution is 2.26. The van der Waals surface area contributed by atoms with E-state index in [-0.39, 0.29) is 6.04 Å². The number of benzene rings is 1. The maximum atomic E-state index is 4.21. The molecule has 20 heavy (non-hydrogen) atoms. The molecule has 0 spiro atoms. The largest absolute Gasteiger partial charge is 0.306 e. The summed E-state index contributed by atoms with van der Waals surface area (Å²) in [7, 11) is 0. The van der Waals surface area contributed by atoms with Crippen LogP contribution in [-0.2, 0) is 0 Å². The van der Waals surface area contributed by atoms with Gasteiger partial charge in [0.25, 0.3) is 0 Å². The molecule has 0 fully saturated rings. The second-order valence-electron chi connectivity index (χ2n) is 5.54. The monoisotopic (exact) mass is 268 g/mol. The molecule has 0 bridgehead atoms. The predicted molar refractivity (Wildman–Crippen MR) is 85.0 cm³/mol. The van der Waals surface area contributed by atoms with E-state index in [0.717, 1.165) is 13.0 Å². The van der Waals surface area contributed by atoms with Crippen molar-refractivity contribution in [2.45, 2.75) is 40.2 Å². The van der Waals surface area contributed by atoms with Crippen LogP contribution in [0.3, 0.4) is 0 Å². The highest BCUT2D eigenvalue weighted by atomic mass is 14.9. The zero-order valence-corrected chi connectivity index (χ0v) is 12.9. The van der Waals surface area contributed by atoms with Gasteiger partial charge in [0.15, 0.2) is 0 Å². The number of aryl methyl sites for hydroxylation is 3. The van der Waals surface area contributed by atoms with Gasteiger partial charge in [0.05, 0.1) is 6.04 Å². The van der Waals surface area contributed by atoms with Gasteiger partial charge in [-0.15, -0.1) is 0 Å². The molecule has 1 N–H and O–H groups in total. The molecule has 2 heteroatoms. The van der Waals surface area contributed by atoms with Gasteiger partial charge in [0.1, 0.15) is 0 Å². The Balaban J connectivity index is 2.44. The van der Waals surface area contributed by atoms with Crippen LogP contribution in [0.15, 0.2) is 36.7 Å². The van der Waals surface area contributed by atoms with E-state index in [1.165, 1.54) is 27.8 Å². The maximum Gasteiger partial charge on any atom is 0.0580 e. The first-order valence-electron chi connectivity index (χ1n) is 7.34. The molecule has 1 aromatic heterocycles. The number of nitrogens with zero attached hydrogens (tertiary/aromatic N) is 1. The number of hydrogen-bond acceptors (Lipinski definition) is 2. The summed E-state index contributed by atoms with van der Waals surface area (Å²) in [6.07, 6.45) is 4.95. The van der Waals surface area contributed by atoms with Crippen molar-refractivity contribution in [1.82, 2.24) is 10.3 Å². The van der Waals surface area contributed by atoms with Crippen molar-refractivity contribution in [1.29, 1.82) is 0 Å². The Morgan fingerprint density at radius 2 is 1.80 bits per heavy atom. The Kier molecular flexibility index (Phi) is 4.91. The molecule has 1 unspecified atom stereocenters. The van der Waals surface area contributed by atoms with E-state index in [0.29, 0.717) is 0 Å². The van der Waals surface area contributed by atoms with Gasteiger partial charge in [-0.1, -0.05) is 36.2 Å². The number of rotatable bonds is 5. The minimum atomic E-state index is 0.247. The third kappa shape index (κ3) is 3.45. The minimum Gasteiger partial charge on any atom is -0.306 e. The van der Waals surface area contributed by atoms with Gasteiger partial charge in [-0.2, -0.15) is 0 Å². The van der Waals surface area contributed by atoms with Gasteiger partial charge in [-0.05, 0) is 56.5 Å². The molecule has 2 nitrogen and oxygen atoms in total. The van der Waals surface area contributed by atoms with Crippen molar-refractivity contribution in [2.24, 2.45) is 0 Å². The van der Waals surface area contributed by atoms with E-state index in [4.69, 9.17) is 0 Å². The van der Waals surface area contributed by atoms with E-state index in [1.807, 2.05) is 12.4 Å². The van der Waals surface area contributed by atoms with Crippen molar-refractivity contribution in [2.75, 3.05) is 6.54 Å². The Morgan fingerprint density at radius 3 is 2.40 bits per heavy atom. The molecule has 0 radical (unpaired) electrons. The molecule has 2 aromatic rings. The quantitative estimate of drug-likeness (QED) is 0.883. The second-order valence-corrected chi connectivity index (χ2v) is 5.54. The van der Waals surface area contributed by atoms with Crippen LogP contribution in [0.5, 0.6) is 0 Å². The number of aromatic nitrogens is 1. The summed E-state index contributed by atoms with van der Waals surface area (Å²) in [6.45, 7) is 9.66. The Bertz CT molecular complexity index is 555. The molecule has 1 atom stereocenters. The second kappa shape index (κ2) is 6.67. The standard InChI is InChI=1S/C18H24N2/c1-5-7-20-18(17-6-8-19-12-15(17)4)16-10-13(2)9-14(3)11-16/h6,8-12,18,20H,5,7H2,1-4H3. The van der Waals surface area contributed by atoms with E-state index >= 15 is 0 Å². The Morgan fingerprint density at radius 1 is 1.10 bits per heavy atom. The van der Waals surface area contributed by atoms with Crippen LogP contribution in [0, 0.1) is 20.8 Å². The highest BCUT2D eigenvalue weighted by molar-refractivity contribution is 5.38. The number of nitrogens with one attached hydrogen (secondary N) is 1. The van der Waals surface area contributed by atoms with E-state index in [1.54, 1.807) is 0 Å². The van der Waals surface area contributed by atoms with Crippen LogP contribution < -0.4 is 5.32 Å². The Hall–Kier alpha value is -1.67. The van der Waals surface area contributed by atoms with Gasteiger partial charge < -0.3 is 5.32 Å². The average molecular weight is 268 g/mol. The van der Waals surface area contributed by atoms with Crippen molar-refractivity contribution in [3.63, 3.8) is 0 Å². The van der Waals surface area contributed by atoms with Crippen molar-refractivity contribution in [3.8, 4) is 0 Å². The fraction of sp³-hybridized carbons (Fsp3) is 0.389. The molecule has 0 aliphatic heterocycles. The van der Waals surface area contributed by atoms with E-state index in [9.17, 15) is 0 Å². The fourth-order valence-electron chi connectivity index (χ4n) is 2.68. The topological polar surface area (TPSA) is 24.9 Å². The summed E-state index contributed by atoms with van der Waals surface area (Å²) in [5, 5.41) is 3.67. The van der Waals surface area contributed by atoms with Gasteiger partial charge in [-0.25, -0.2) is 0 Å². The van der Waals surface area contributed by atoms with Gasteiger partial charge in [-0.3, -0.25) is 4.98 Å². The van der Waals surface area contributed by atoms with Gasteiger partial charge in [0, 0.05) is 12.4 Å². The molecule has 0 aliphatic rings. The van der Waals surface area contributed by atoms with Crippen LogP contribution in [0.2, 0.25) is 0 Å². The minimum absolute atomic E-state index is 0.247. The first-order chi connectivity index (χ1) is 9.61. The predicted octanol–water partition coefficient (Wildman–Crippen LogP) is 4.10. The summed E-state index contributed by atoms with van der Waals surface area (Å²) in [4.78, 5) is 4.21. The molecule has 1 aromatic carbocycles. The highest BCUT2D eigenvalue weighted by Gasteiger charge is 2.15. The van der Waals surface area contributed by atoms with E-state index in [2.05, 4.69) is 62.3 Å². The normalized spacial score (nSPS) is 12.4. The summed E-state index contributed by atoms with van der Waals surface area (Å²) in [5.41, 5.74) is 6.52. The van der Waals surface area contributed by atoms with Crippen LogP contribution in [0.1, 0.15) is 47.2 Å². The molecule has 106 valence electrons. The average Bonchev–Trinajstić information content (AvgIpc) is 2.40. The van der Waals surface area contributed by atoms with Gasteiger partial charge >= 0.3 is 0 Å². The summed E-state index contributed by atoms with van der Waals surface area (Å²) < 4.78 is 0. The van der Waals surface area contributed by atoms with Crippen LogP contribution in [0.4, 0.5) is 0 Å². The van der Waals surface area contributed by atoms with Crippen molar-refractivity contribution in [3.05, 3.63) is 64.5 Å². The summed E-state index contributed by atoms with van der Waals surface area (Å²) in [5.74, 6) is 0. The summed E-state index contributed by atoms with van der Waals surface area (Å²) in [6, 6.07) is 9.15. The van der Waals surface area contributed by atoms with Crippen molar-refractivity contribution >= 4 is 0 Å². The Labute approximate surface area is 122 Å². The van der Waals surface area contributed by atoms with Crippen molar-refractivity contribution < 1.29 is 0 Å². The third-order valence-electron chi connectivity index (χ3n) is 3.55. The first-order valence-corrected chi connectivity index (χ1v) is 7.34. The molecule has 1 heterocycles. The maximum absolute atomic E-state index is 4.21. The van der Waals surface area contributed by atoms with Crippen LogP contribution in [-0.4, -0.2) is 11.5 Å². The molecule has 0 aliphatic carbocycles. The van der Waals surface area contributed by atoms with Crippen LogP contribution in [0.25, 0.3) is 0 Å². The van der Waals surface area contributed by atoms with Gasteiger partial charge in [0.2, 0.25) is 0 Å². The SMILES string of the molecule is CCCNC(c1cc(C)cc(C)c1)c1ccncc1C. The lowest BCUT2D eigenvalue weighted by molar-refractivity contribution is 0.595. The molecule has 0 saturated heterocycles. The molecule has 2 rings (SSSR count). The zero-order valence-electron chi connectivity index (χ0n) is 12.9. The molecular formula is C18H24N2. The summed E-state index contributed by atoms with van der Waals surface area (Å²) >= 11 is 0. The lowest BCUT2D eigenvalue weighted by atomic mass is 9.94. The molecule has 0 saturated carbocycles. The zero-order chi connectivity index (χ0) is 14.5. The van der Waals surface area contributed by atoms with Crippen LogP contribution >= 0.6 is 0 Å². The smallest absolute Gasteiger partial charge is 0.0580 e. The molecular weight excluding hydrogens is 244 g/mol. The lowest BCUT2D eigenvalue weighted by Crippen LogP contribution is -2.24. The van der Waals surface area contributed by atoms with E-state index < -0.39 is 0 Å².